The van der Waals surface area contributed by atoms with E-state index in [2.05, 4.69) is 6.92 Å². The molecule has 1 rings (SSSR count). The highest BCUT2D eigenvalue weighted by molar-refractivity contribution is 8.14. The fourth-order valence-electron chi connectivity index (χ4n) is 3.78. The molecule has 0 aliphatic heterocycles. The largest absolute Gasteiger partial charge is 0.494 e. The Morgan fingerprint density at radius 3 is 1.53 bits per heavy atom. The van der Waals surface area contributed by atoms with E-state index in [1.807, 2.05) is 0 Å². The van der Waals surface area contributed by atoms with E-state index >= 15 is 0 Å². The predicted molar refractivity (Wildman–Crippen MR) is 136 cm³/mol. The van der Waals surface area contributed by atoms with Crippen molar-refractivity contribution in [2.45, 2.75) is 113 Å². The minimum atomic E-state index is -7.94. The number of hydrogen-bond acceptors (Lipinski definition) is 3. The first-order valence-electron chi connectivity index (χ1n) is 13.5. The standard InChI is InChI=1S/C27H33F13O2S/c1-2-3-4-5-6-7-8-9-10-11-17-42-20-14-12-19(13-15-20)21(41)43-18-16-22(28,29)23(30,31)24(32,33)25(34,35)26(36,37)27(38,39)40/h12-15H,2-11,16-18H2,1H3. The lowest BCUT2D eigenvalue weighted by molar-refractivity contribution is -0.439. The zero-order valence-electron chi connectivity index (χ0n) is 23.1. The van der Waals surface area contributed by atoms with Gasteiger partial charge in [0.15, 0.2) is 0 Å². The zero-order valence-corrected chi connectivity index (χ0v) is 24.0. The van der Waals surface area contributed by atoms with Crippen LogP contribution in [0.15, 0.2) is 24.3 Å². The monoisotopic (exact) mass is 668 g/mol. The molecule has 0 fully saturated rings. The van der Waals surface area contributed by atoms with E-state index < -0.39 is 53.1 Å². The van der Waals surface area contributed by atoms with E-state index in [-0.39, 0.29) is 17.3 Å². The molecule has 0 unspecified atom stereocenters. The summed E-state index contributed by atoms with van der Waals surface area (Å²) in [4.78, 5) is 12.1. The summed E-state index contributed by atoms with van der Waals surface area (Å²) in [7, 11) is 0. The lowest BCUT2D eigenvalue weighted by atomic mass is 9.93. The average molecular weight is 669 g/mol. The van der Waals surface area contributed by atoms with Crippen LogP contribution in [0.25, 0.3) is 0 Å². The smallest absolute Gasteiger partial charge is 0.460 e. The van der Waals surface area contributed by atoms with Crippen LogP contribution < -0.4 is 4.74 Å². The van der Waals surface area contributed by atoms with Crippen molar-refractivity contribution in [3.05, 3.63) is 29.8 Å². The molecule has 16 heteroatoms. The van der Waals surface area contributed by atoms with Crippen LogP contribution in [-0.4, -0.2) is 53.3 Å². The topological polar surface area (TPSA) is 26.3 Å². The summed E-state index contributed by atoms with van der Waals surface area (Å²) in [6.07, 6.45) is 1.28. The minimum absolute atomic E-state index is 0.111. The maximum absolute atomic E-state index is 13.9. The van der Waals surface area contributed by atoms with Crippen molar-refractivity contribution in [2.75, 3.05) is 12.4 Å². The third-order valence-electron chi connectivity index (χ3n) is 6.50. The van der Waals surface area contributed by atoms with Crippen LogP contribution in [0.5, 0.6) is 5.75 Å². The molecule has 0 saturated heterocycles. The van der Waals surface area contributed by atoms with Crippen LogP contribution in [0.2, 0.25) is 0 Å². The number of hydrogen-bond donors (Lipinski definition) is 0. The molecule has 0 aliphatic carbocycles. The molecule has 0 atom stereocenters. The SMILES string of the molecule is CCCCCCCCCCCCOc1ccc(C(=O)SCCC(F)(F)C(F)(F)C(F)(F)C(F)(F)C(F)(F)C(F)(F)F)cc1. The number of unbranched alkanes of at least 4 members (excludes halogenated alkanes) is 9. The Kier molecular flexibility index (Phi) is 14.5. The second kappa shape index (κ2) is 15.9. The number of carbonyl (C=O) groups is 1. The van der Waals surface area contributed by atoms with Gasteiger partial charge >= 0.3 is 35.8 Å². The Bertz CT molecular complexity index is 980. The van der Waals surface area contributed by atoms with Crippen molar-refractivity contribution >= 4 is 16.9 Å². The number of carbonyl (C=O) groups excluding carboxylic acids is 1. The molecule has 1 aromatic rings. The second-order valence-corrected chi connectivity index (χ2v) is 11.0. The first-order chi connectivity index (χ1) is 19.7. The summed E-state index contributed by atoms with van der Waals surface area (Å²) in [5.74, 6) is -38.1. The second-order valence-electron chi connectivity index (χ2n) is 9.94. The molecule has 0 saturated carbocycles. The Morgan fingerprint density at radius 1 is 0.628 bits per heavy atom. The molecule has 0 aromatic heterocycles. The van der Waals surface area contributed by atoms with Gasteiger partial charge in [0.05, 0.1) is 6.61 Å². The van der Waals surface area contributed by atoms with Crippen LogP contribution in [0.4, 0.5) is 57.1 Å². The summed E-state index contributed by atoms with van der Waals surface area (Å²) < 4.78 is 177. The Hall–Kier alpha value is -1.87. The van der Waals surface area contributed by atoms with Crippen molar-refractivity contribution in [1.82, 2.24) is 0 Å². The number of halogens is 13. The molecular weight excluding hydrogens is 635 g/mol. The highest BCUT2D eigenvalue weighted by atomic mass is 32.2. The molecule has 0 aliphatic rings. The quantitative estimate of drug-likeness (QED) is 0.102. The van der Waals surface area contributed by atoms with Gasteiger partial charge in [0.2, 0.25) is 5.12 Å². The molecule has 0 spiro atoms. The number of thioether (sulfide) groups is 1. The van der Waals surface area contributed by atoms with Crippen molar-refractivity contribution in [3.63, 3.8) is 0 Å². The van der Waals surface area contributed by atoms with Crippen molar-refractivity contribution in [3.8, 4) is 5.75 Å². The van der Waals surface area contributed by atoms with Gasteiger partial charge in [-0.1, -0.05) is 76.5 Å². The van der Waals surface area contributed by atoms with Gasteiger partial charge in [-0.25, -0.2) is 0 Å². The van der Waals surface area contributed by atoms with Crippen LogP contribution in [0.1, 0.15) is 87.9 Å². The summed E-state index contributed by atoms with van der Waals surface area (Å²) >= 11 is -0.111. The third-order valence-corrected chi connectivity index (χ3v) is 7.41. The third kappa shape index (κ3) is 9.81. The van der Waals surface area contributed by atoms with Crippen molar-refractivity contribution in [1.29, 1.82) is 0 Å². The van der Waals surface area contributed by atoms with Crippen LogP contribution in [0, 0.1) is 0 Å². The molecule has 250 valence electrons. The summed E-state index contributed by atoms with van der Waals surface area (Å²) in [5.41, 5.74) is -0.159. The van der Waals surface area contributed by atoms with Gasteiger partial charge in [-0.05, 0) is 30.7 Å². The van der Waals surface area contributed by atoms with E-state index in [0.29, 0.717) is 12.4 Å². The average Bonchev–Trinajstić information content (AvgIpc) is 2.90. The molecule has 1 aromatic carbocycles. The molecular formula is C27H33F13O2S. The Balaban J connectivity index is 2.58. The summed E-state index contributed by atoms with van der Waals surface area (Å²) in [5, 5.41) is -1.03. The maximum atomic E-state index is 13.9. The highest BCUT2D eigenvalue weighted by Gasteiger charge is 2.90. The summed E-state index contributed by atoms with van der Waals surface area (Å²) in [6, 6.07) is 5.06. The molecule has 0 N–H and O–H groups in total. The van der Waals surface area contributed by atoms with Gasteiger partial charge in [-0.2, -0.15) is 57.1 Å². The zero-order chi connectivity index (χ0) is 33.2. The van der Waals surface area contributed by atoms with Gasteiger partial charge in [-0.15, -0.1) is 0 Å². The van der Waals surface area contributed by atoms with E-state index in [0.717, 1.165) is 25.7 Å². The first kappa shape index (κ1) is 39.2. The van der Waals surface area contributed by atoms with Gasteiger partial charge in [0, 0.05) is 17.7 Å². The minimum Gasteiger partial charge on any atom is -0.494 e. The molecule has 2 nitrogen and oxygen atoms in total. The predicted octanol–water partition coefficient (Wildman–Crippen LogP) is 11.0. The fraction of sp³-hybridized carbons (Fsp3) is 0.741. The molecule has 43 heavy (non-hydrogen) atoms. The molecule has 0 bridgehead atoms. The number of alkyl halides is 13. The fourth-order valence-corrected chi connectivity index (χ4v) is 4.63. The maximum Gasteiger partial charge on any atom is 0.460 e. The number of rotatable bonds is 20. The number of benzene rings is 1. The van der Waals surface area contributed by atoms with Crippen molar-refractivity contribution < 1.29 is 66.6 Å². The highest BCUT2D eigenvalue weighted by Crippen LogP contribution is 2.60. The summed E-state index contributed by atoms with van der Waals surface area (Å²) in [6.45, 7) is 2.53. The Morgan fingerprint density at radius 2 is 1.07 bits per heavy atom. The molecule has 0 heterocycles. The lowest BCUT2D eigenvalue weighted by Crippen LogP contribution is -2.70. The van der Waals surface area contributed by atoms with Crippen LogP contribution in [0.3, 0.4) is 0 Å². The lowest BCUT2D eigenvalue weighted by Gasteiger charge is -2.39. The van der Waals surface area contributed by atoms with Crippen LogP contribution in [-0.2, 0) is 0 Å². The number of ether oxygens (including phenoxy) is 1. The van der Waals surface area contributed by atoms with Gasteiger partial charge in [0.25, 0.3) is 0 Å². The van der Waals surface area contributed by atoms with Crippen LogP contribution >= 0.6 is 11.8 Å². The molecule has 0 amide bonds. The van der Waals surface area contributed by atoms with Gasteiger partial charge in [0.1, 0.15) is 5.75 Å². The van der Waals surface area contributed by atoms with Gasteiger partial charge < -0.3 is 4.74 Å². The normalized spacial score (nSPS) is 13.8. The Labute approximate surface area is 245 Å². The van der Waals surface area contributed by atoms with E-state index in [1.54, 1.807) is 0 Å². The van der Waals surface area contributed by atoms with E-state index in [1.165, 1.54) is 62.8 Å². The first-order valence-corrected chi connectivity index (χ1v) is 14.5. The van der Waals surface area contributed by atoms with E-state index in [9.17, 15) is 61.9 Å². The van der Waals surface area contributed by atoms with E-state index in [4.69, 9.17) is 4.74 Å². The van der Waals surface area contributed by atoms with Gasteiger partial charge in [-0.3, -0.25) is 4.79 Å². The van der Waals surface area contributed by atoms with Crippen molar-refractivity contribution in [2.24, 2.45) is 0 Å². The molecule has 0 radical (unpaired) electrons.